The summed E-state index contributed by atoms with van der Waals surface area (Å²) in [5.41, 5.74) is 3.40. The second kappa shape index (κ2) is 10.8. The number of pyridine rings is 1. The SMILES string of the molecule is COc1cc(/C=C/C(=O)NCc2cc3c([nH]c4ccccc43)c(-c3cc(F)cc(F)c3)n2)cc(OC)c1OC. The van der Waals surface area contributed by atoms with Crippen LogP contribution in [-0.2, 0) is 11.3 Å². The largest absolute Gasteiger partial charge is 0.493 e. The van der Waals surface area contributed by atoms with E-state index < -0.39 is 11.6 Å². The number of hydrogen-bond donors (Lipinski definition) is 2. The average molecular weight is 530 g/mol. The molecular weight excluding hydrogens is 504 g/mol. The number of fused-ring (bicyclic) bond motifs is 3. The Balaban J connectivity index is 1.44. The molecule has 0 spiro atoms. The summed E-state index contributed by atoms with van der Waals surface area (Å²) in [6, 6.07) is 16.3. The average Bonchev–Trinajstić information content (AvgIpc) is 3.32. The molecule has 1 amide bonds. The zero-order chi connectivity index (χ0) is 27.5. The van der Waals surface area contributed by atoms with Crippen LogP contribution in [0.3, 0.4) is 0 Å². The maximum Gasteiger partial charge on any atom is 0.244 e. The summed E-state index contributed by atoms with van der Waals surface area (Å²) in [6.07, 6.45) is 3.00. The fourth-order valence-corrected chi connectivity index (χ4v) is 4.49. The molecule has 3 aromatic carbocycles. The molecule has 7 nitrogen and oxygen atoms in total. The van der Waals surface area contributed by atoms with Crippen LogP contribution in [0, 0.1) is 11.6 Å². The number of amides is 1. The number of methoxy groups -OCH3 is 3. The molecule has 2 N–H and O–H groups in total. The zero-order valence-corrected chi connectivity index (χ0v) is 21.5. The molecule has 0 atom stereocenters. The van der Waals surface area contributed by atoms with E-state index in [1.807, 2.05) is 30.3 Å². The van der Waals surface area contributed by atoms with Gasteiger partial charge in [-0.05, 0) is 48.0 Å². The molecule has 0 radical (unpaired) electrons. The first kappa shape index (κ1) is 25.7. The quantitative estimate of drug-likeness (QED) is 0.240. The number of rotatable bonds is 8. The smallest absolute Gasteiger partial charge is 0.244 e. The molecule has 0 saturated carbocycles. The Morgan fingerprint density at radius 2 is 1.62 bits per heavy atom. The predicted molar refractivity (Wildman–Crippen MR) is 146 cm³/mol. The van der Waals surface area contributed by atoms with Crippen molar-refractivity contribution in [2.75, 3.05) is 21.3 Å². The Morgan fingerprint density at radius 1 is 0.923 bits per heavy atom. The van der Waals surface area contributed by atoms with Crippen molar-refractivity contribution in [3.05, 3.63) is 89.6 Å². The summed E-state index contributed by atoms with van der Waals surface area (Å²) in [4.78, 5) is 20.6. The Hall–Kier alpha value is -4.92. The highest BCUT2D eigenvalue weighted by atomic mass is 19.1. The van der Waals surface area contributed by atoms with Crippen molar-refractivity contribution in [1.29, 1.82) is 0 Å². The Bertz CT molecular complexity index is 1680. The number of carbonyl (C=O) groups is 1. The molecule has 5 aromatic rings. The first-order chi connectivity index (χ1) is 18.9. The van der Waals surface area contributed by atoms with Crippen LogP contribution in [-0.4, -0.2) is 37.2 Å². The summed E-state index contributed by atoms with van der Waals surface area (Å²) >= 11 is 0. The predicted octanol–water partition coefficient (Wildman–Crippen LogP) is 6.02. The van der Waals surface area contributed by atoms with E-state index in [0.29, 0.717) is 45.3 Å². The lowest BCUT2D eigenvalue weighted by molar-refractivity contribution is -0.116. The van der Waals surface area contributed by atoms with E-state index in [9.17, 15) is 13.6 Å². The summed E-state index contributed by atoms with van der Waals surface area (Å²) in [5.74, 6) is -0.375. The number of para-hydroxylation sites is 1. The van der Waals surface area contributed by atoms with Gasteiger partial charge in [0, 0.05) is 34.0 Å². The Labute approximate surface area is 223 Å². The van der Waals surface area contributed by atoms with Gasteiger partial charge in [-0.25, -0.2) is 13.8 Å². The van der Waals surface area contributed by atoms with Crippen molar-refractivity contribution < 1.29 is 27.8 Å². The molecule has 9 heteroatoms. The molecule has 5 rings (SSSR count). The number of H-pyrrole nitrogens is 1. The maximum atomic E-state index is 14.1. The van der Waals surface area contributed by atoms with E-state index in [1.54, 1.807) is 18.2 Å². The molecule has 0 unspecified atom stereocenters. The van der Waals surface area contributed by atoms with Crippen LogP contribution in [0.1, 0.15) is 11.3 Å². The lowest BCUT2D eigenvalue weighted by Gasteiger charge is -2.12. The van der Waals surface area contributed by atoms with Crippen molar-refractivity contribution in [1.82, 2.24) is 15.3 Å². The minimum atomic E-state index is -0.702. The van der Waals surface area contributed by atoms with Crippen LogP contribution in [0.2, 0.25) is 0 Å². The Kier molecular flexibility index (Phi) is 7.14. The third kappa shape index (κ3) is 5.24. The molecule has 2 aromatic heterocycles. The van der Waals surface area contributed by atoms with Gasteiger partial charge in [-0.1, -0.05) is 18.2 Å². The number of hydrogen-bond acceptors (Lipinski definition) is 5. The highest BCUT2D eigenvalue weighted by molar-refractivity contribution is 6.11. The Morgan fingerprint density at radius 3 is 2.28 bits per heavy atom. The van der Waals surface area contributed by atoms with Crippen LogP contribution in [0.25, 0.3) is 39.1 Å². The maximum absolute atomic E-state index is 14.1. The van der Waals surface area contributed by atoms with Crippen molar-refractivity contribution in [2.24, 2.45) is 0 Å². The van der Waals surface area contributed by atoms with Gasteiger partial charge >= 0.3 is 0 Å². The van der Waals surface area contributed by atoms with Gasteiger partial charge in [0.1, 0.15) is 11.6 Å². The number of nitrogens with one attached hydrogen (secondary N) is 2. The summed E-state index contributed by atoms with van der Waals surface area (Å²) < 4.78 is 44.2. The van der Waals surface area contributed by atoms with E-state index >= 15 is 0 Å². The third-order valence-corrected chi connectivity index (χ3v) is 6.24. The van der Waals surface area contributed by atoms with E-state index in [2.05, 4.69) is 15.3 Å². The van der Waals surface area contributed by atoms with Crippen LogP contribution in [0.15, 0.2) is 66.7 Å². The first-order valence-corrected chi connectivity index (χ1v) is 12.0. The highest BCUT2D eigenvalue weighted by Gasteiger charge is 2.16. The molecule has 0 bridgehead atoms. The van der Waals surface area contributed by atoms with Crippen molar-refractivity contribution in [2.45, 2.75) is 6.54 Å². The normalized spacial score (nSPS) is 11.3. The fraction of sp³-hybridized carbons (Fsp3) is 0.133. The number of aromatic nitrogens is 2. The van der Waals surface area contributed by atoms with Crippen LogP contribution in [0.5, 0.6) is 17.2 Å². The fourth-order valence-electron chi connectivity index (χ4n) is 4.49. The number of aromatic amines is 1. The van der Waals surface area contributed by atoms with E-state index in [1.165, 1.54) is 39.5 Å². The number of benzene rings is 3. The first-order valence-electron chi connectivity index (χ1n) is 12.0. The molecule has 2 heterocycles. The molecular formula is C30H25F2N3O4. The van der Waals surface area contributed by atoms with Crippen LogP contribution >= 0.6 is 0 Å². The second-order valence-corrected chi connectivity index (χ2v) is 8.72. The van der Waals surface area contributed by atoms with Gasteiger partial charge in [0.05, 0.1) is 44.8 Å². The van der Waals surface area contributed by atoms with E-state index in [4.69, 9.17) is 14.2 Å². The topological polar surface area (TPSA) is 85.5 Å². The van der Waals surface area contributed by atoms with Crippen molar-refractivity contribution >= 4 is 33.8 Å². The van der Waals surface area contributed by atoms with Gasteiger partial charge in [0.15, 0.2) is 11.5 Å². The minimum absolute atomic E-state index is 0.0959. The number of carbonyl (C=O) groups excluding carboxylic acids is 1. The molecule has 39 heavy (non-hydrogen) atoms. The van der Waals surface area contributed by atoms with Gasteiger partial charge in [-0.2, -0.15) is 0 Å². The minimum Gasteiger partial charge on any atom is -0.493 e. The van der Waals surface area contributed by atoms with E-state index in [-0.39, 0.29) is 12.5 Å². The molecule has 0 aliphatic heterocycles. The van der Waals surface area contributed by atoms with Crippen LogP contribution < -0.4 is 19.5 Å². The molecule has 0 saturated heterocycles. The van der Waals surface area contributed by atoms with E-state index in [0.717, 1.165) is 22.4 Å². The van der Waals surface area contributed by atoms with Gasteiger partial charge in [-0.3, -0.25) is 4.79 Å². The summed E-state index contributed by atoms with van der Waals surface area (Å²) in [7, 11) is 4.55. The number of ether oxygens (including phenoxy) is 3. The molecule has 198 valence electrons. The highest BCUT2D eigenvalue weighted by Crippen LogP contribution is 2.38. The standard InChI is InChI=1S/C30H25F2N3O4/c1-37-25-10-17(11-26(38-2)30(25)39-3)8-9-27(36)33-16-21-15-23-22-6-4-5-7-24(22)35-29(23)28(34-21)18-12-19(31)14-20(32)13-18/h4-15,35H,16H2,1-3H3,(H,33,36)/b9-8+. The zero-order valence-electron chi connectivity index (χ0n) is 21.5. The molecule has 0 fully saturated rings. The van der Waals surface area contributed by atoms with Gasteiger partial charge < -0.3 is 24.5 Å². The third-order valence-electron chi connectivity index (χ3n) is 6.24. The van der Waals surface area contributed by atoms with Gasteiger partial charge in [0.2, 0.25) is 11.7 Å². The lowest BCUT2D eigenvalue weighted by atomic mass is 10.1. The van der Waals surface area contributed by atoms with Gasteiger partial charge in [0.25, 0.3) is 0 Å². The number of nitrogens with zero attached hydrogens (tertiary/aromatic N) is 1. The van der Waals surface area contributed by atoms with Crippen molar-refractivity contribution in [3.8, 4) is 28.5 Å². The summed E-state index contributed by atoms with van der Waals surface area (Å²) in [5, 5.41) is 4.59. The summed E-state index contributed by atoms with van der Waals surface area (Å²) in [6.45, 7) is 0.0959. The lowest BCUT2D eigenvalue weighted by Crippen LogP contribution is -2.21. The molecule has 0 aliphatic rings. The van der Waals surface area contributed by atoms with Crippen LogP contribution in [0.4, 0.5) is 8.78 Å². The second-order valence-electron chi connectivity index (χ2n) is 8.72. The molecule has 0 aliphatic carbocycles. The number of halogens is 2. The van der Waals surface area contributed by atoms with Gasteiger partial charge in [-0.15, -0.1) is 0 Å². The monoisotopic (exact) mass is 529 g/mol. The van der Waals surface area contributed by atoms with Crippen molar-refractivity contribution in [3.63, 3.8) is 0 Å².